The fourth-order valence-corrected chi connectivity index (χ4v) is 1.51. The van der Waals surface area contributed by atoms with Crippen molar-refractivity contribution in [2.75, 3.05) is 0 Å². The number of aliphatic hydroxyl groups is 2. The number of aliphatic hydroxyl groups excluding tert-OH is 2. The zero-order chi connectivity index (χ0) is 9.30. The number of carbonyl (C=O) groups excluding carboxylic acids is 1. The molecule has 1 rings (SSSR count). The first-order chi connectivity index (χ1) is 5.54. The van der Waals surface area contributed by atoms with Gasteiger partial charge in [-0.1, -0.05) is 13.8 Å². The van der Waals surface area contributed by atoms with Crippen LogP contribution in [0, 0.1) is 11.8 Å². The van der Waals surface area contributed by atoms with Crippen LogP contribution in [0.3, 0.4) is 0 Å². The Hall–Kier alpha value is -0.990. The van der Waals surface area contributed by atoms with Gasteiger partial charge in [-0.3, -0.25) is 4.79 Å². The van der Waals surface area contributed by atoms with Crippen LogP contribution in [-0.2, 0) is 4.79 Å². The van der Waals surface area contributed by atoms with Gasteiger partial charge in [0.05, 0.1) is 0 Å². The van der Waals surface area contributed by atoms with Crippen molar-refractivity contribution in [2.24, 2.45) is 11.8 Å². The Bertz CT molecular complexity index is 228. The van der Waals surface area contributed by atoms with E-state index in [1.165, 1.54) is 0 Å². The van der Waals surface area contributed by atoms with Crippen LogP contribution >= 0.6 is 0 Å². The summed E-state index contributed by atoms with van der Waals surface area (Å²) in [5, 5.41) is 18.5. The molecule has 3 nitrogen and oxygen atoms in total. The highest BCUT2D eigenvalue weighted by Crippen LogP contribution is 2.30. The molecule has 0 aliphatic heterocycles. The third-order valence-electron chi connectivity index (χ3n) is 2.35. The smallest absolute Gasteiger partial charge is 0.200 e. The molecule has 1 atom stereocenters. The lowest BCUT2D eigenvalue weighted by molar-refractivity contribution is -0.119. The number of carbonyl (C=O) groups is 1. The Balaban J connectivity index is 2.90. The minimum Gasteiger partial charge on any atom is -0.508 e. The molecule has 0 heterocycles. The highest BCUT2D eigenvalue weighted by molar-refractivity contribution is 5.94. The van der Waals surface area contributed by atoms with E-state index in [4.69, 9.17) is 5.11 Å². The molecule has 0 radical (unpaired) electrons. The van der Waals surface area contributed by atoms with Crippen molar-refractivity contribution < 1.29 is 15.0 Å². The second kappa shape index (κ2) is 3.17. The summed E-state index contributed by atoms with van der Waals surface area (Å²) in [6.07, 6.45) is 0.991. The van der Waals surface area contributed by atoms with Gasteiger partial charge in [0.1, 0.15) is 5.76 Å². The summed E-state index contributed by atoms with van der Waals surface area (Å²) in [5.74, 6) is -0.687. The van der Waals surface area contributed by atoms with Gasteiger partial charge in [-0.05, 0) is 12.3 Å². The summed E-state index contributed by atoms with van der Waals surface area (Å²) >= 11 is 0. The Kier molecular flexibility index (Phi) is 2.40. The van der Waals surface area contributed by atoms with Crippen molar-refractivity contribution in [2.45, 2.75) is 26.7 Å². The standard InChI is InChI=1S/C9H14O3/c1-5(2)6-3-4-7(10)9(12)8(6)11/h5-6,11-12H,3-4H2,1-2H3. The highest BCUT2D eigenvalue weighted by Gasteiger charge is 2.29. The molecule has 1 unspecified atom stereocenters. The molecule has 2 N–H and O–H groups in total. The first-order valence-corrected chi connectivity index (χ1v) is 4.19. The van der Waals surface area contributed by atoms with Gasteiger partial charge in [-0.25, -0.2) is 0 Å². The lowest BCUT2D eigenvalue weighted by Crippen LogP contribution is -2.22. The molecule has 12 heavy (non-hydrogen) atoms. The molecule has 0 saturated heterocycles. The monoisotopic (exact) mass is 170 g/mol. The van der Waals surface area contributed by atoms with Gasteiger partial charge in [-0.15, -0.1) is 0 Å². The maximum atomic E-state index is 10.9. The topological polar surface area (TPSA) is 57.5 Å². The molecule has 0 bridgehead atoms. The molecule has 0 amide bonds. The normalized spacial score (nSPS) is 25.2. The van der Waals surface area contributed by atoms with Gasteiger partial charge < -0.3 is 10.2 Å². The molecule has 0 spiro atoms. The molecular formula is C9H14O3. The van der Waals surface area contributed by atoms with Crippen molar-refractivity contribution in [3.63, 3.8) is 0 Å². The third-order valence-corrected chi connectivity index (χ3v) is 2.35. The summed E-state index contributed by atoms with van der Waals surface area (Å²) in [6.45, 7) is 3.92. The number of allylic oxidation sites excluding steroid dienone is 2. The zero-order valence-electron chi connectivity index (χ0n) is 7.37. The Morgan fingerprint density at radius 3 is 2.50 bits per heavy atom. The molecule has 68 valence electrons. The van der Waals surface area contributed by atoms with E-state index in [9.17, 15) is 9.90 Å². The Morgan fingerprint density at radius 1 is 1.42 bits per heavy atom. The van der Waals surface area contributed by atoms with Crippen molar-refractivity contribution in [1.82, 2.24) is 0 Å². The van der Waals surface area contributed by atoms with E-state index >= 15 is 0 Å². The number of hydrogen-bond donors (Lipinski definition) is 2. The first-order valence-electron chi connectivity index (χ1n) is 4.19. The molecule has 0 saturated carbocycles. The van der Waals surface area contributed by atoms with Gasteiger partial charge in [0.25, 0.3) is 0 Å². The van der Waals surface area contributed by atoms with E-state index in [-0.39, 0.29) is 23.4 Å². The van der Waals surface area contributed by atoms with E-state index < -0.39 is 5.76 Å². The Morgan fingerprint density at radius 2 is 2.00 bits per heavy atom. The fourth-order valence-electron chi connectivity index (χ4n) is 1.51. The van der Waals surface area contributed by atoms with Gasteiger partial charge >= 0.3 is 0 Å². The van der Waals surface area contributed by atoms with Gasteiger partial charge in [-0.2, -0.15) is 0 Å². The SMILES string of the molecule is CC(C)C1CCC(=O)C(O)=C1O. The highest BCUT2D eigenvalue weighted by atomic mass is 16.3. The zero-order valence-corrected chi connectivity index (χ0v) is 7.37. The molecule has 0 aromatic heterocycles. The van der Waals surface area contributed by atoms with Crippen LogP contribution in [0.25, 0.3) is 0 Å². The quantitative estimate of drug-likeness (QED) is 0.632. The molecule has 3 heteroatoms. The lowest BCUT2D eigenvalue weighted by Gasteiger charge is -2.24. The molecule has 1 aliphatic rings. The van der Waals surface area contributed by atoms with Crippen molar-refractivity contribution in [1.29, 1.82) is 0 Å². The summed E-state index contributed by atoms with van der Waals surface area (Å²) < 4.78 is 0. The minimum atomic E-state index is -0.431. The van der Waals surface area contributed by atoms with Gasteiger partial charge in [0, 0.05) is 12.3 Å². The van der Waals surface area contributed by atoms with Crippen LogP contribution in [0.4, 0.5) is 0 Å². The van der Waals surface area contributed by atoms with E-state index in [1.807, 2.05) is 13.8 Å². The van der Waals surface area contributed by atoms with Crippen LogP contribution in [0.5, 0.6) is 0 Å². The summed E-state index contributed by atoms with van der Waals surface area (Å²) in [4.78, 5) is 10.9. The number of Topliss-reactive ketones (excluding diaryl/α,β-unsaturated/α-hetero) is 1. The van der Waals surface area contributed by atoms with Crippen molar-refractivity contribution >= 4 is 5.78 Å². The minimum absolute atomic E-state index is 0.0531. The summed E-state index contributed by atoms with van der Waals surface area (Å²) in [7, 11) is 0. The van der Waals surface area contributed by atoms with Crippen LogP contribution in [0.1, 0.15) is 26.7 Å². The molecule has 0 aromatic rings. The molecular weight excluding hydrogens is 156 g/mol. The average Bonchev–Trinajstić information content (AvgIpc) is 2.00. The maximum absolute atomic E-state index is 10.9. The van der Waals surface area contributed by atoms with Crippen LogP contribution in [0.15, 0.2) is 11.5 Å². The second-order valence-corrected chi connectivity index (χ2v) is 3.55. The molecule has 1 aliphatic carbocycles. The fraction of sp³-hybridized carbons (Fsp3) is 0.667. The van der Waals surface area contributed by atoms with Gasteiger partial charge in [0.15, 0.2) is 5.76 Å². The summed E-state index contributed by atoms with van der Waals surface area (Å²) in [6, 6.07) is 0. The molecule has 0 aromatic carbocycles. The number of hydrogen-bond acceptors (Lipinski definition) is 3. The third kappa shape index (κ3) is 1.44. The van der Waals surface area contributed by atoms with E-state index in [2.05, 4.69) is 0 Å². The second-order valence-electron chi connectivity index (χ2n) is 3.55. The largest absolute Gasteiger partial charge is 0.508 e. The lowest BCUT2D eigenvalue weighted by atomic mass is 9.84. The predicted molar refractivity (Wildman–Crippen MR) is 44.9 cm³/mol. The summed E-state index contributed by atoms with van der Waals surface area (Å²) in [5.41, 5.74) is 0. The maximum Gasteiger partial charge on any atom is 0.200 e. The van der Waals surface area contributed by atoms with E-state index in [0.29, 0.717) is 12.8 Å². The van der Waals surface area contributed by atoms with Crippen molar-refractivity contribution in [3.05, 3.63) is 11.5 Å². The van der Waals surface area contributed by atoms with Crippen LogP contribution in [-0.4, -0.2) is 16.0 Å². The first kappa shape index (κ1) is 9.10. The number of rotatable bonds is 1. The molecule has 0 fully saturated rings. The Labute approximate surface area is 71.7 Å². The van der Waals surface area contributed by atoms with Gasteiger partial charge in [0.2, 0.25) is 5.78 Å². The van der Waals surface area contributed by atoms with Crippen molar-refractivity contribution in [3.8, 4) is 0 Å². The average molecular weight is 170 g/mol. The predicted octanol–water partition coefficient (Wildman–Crippen LogP) is 1.95. The van der Waals surface area contributed by atoms with Crippen LogP contribution < -0.4 is 0 Å². The number of ketones is 1. The van der Waals surface area contributed by atoms with Crippen LogP contribution in [0.2, 0.25) is 0 Å². The van der Waals surface area contributed by atoms with E-state index in [1.54, 1.807) is 0 Å². The van der Waals surface area contributed by atoms with E-state index in [0.717, 1.165) is 0 Å².